The summed E-state index contributed by atoms with van der Waals surface area (Å²) in [6.07, 6.45) is 2.54. The normalized spacial score (nSPS) is 16.6. The fourth-order valence-electron chi connectivity index (χ4n) is 3.09. The molecule has 0 bridgehead atoms. The van der Waals surface area contributed by atoms with Crippen LogP contribution in [0.15, 0.2) is 29.3 Å². The summed E-state index contributed by atoms with van der Waals surface area (Å²) in [5.41, 5.74) is 1.24. The van der Waals surface area contributed by atoms with Crippen LogP contribution in [0.4, 0.5) is 0 Å². The summed E-state index contributed by atoms with van der Waals surface area (Å²) in [7, 11) is 3.55. The van der Waals surface area contributed by atoms with Crippen molar-refractivity contribution in [3.63, 3.8) is 0 Å². The molecule has 0 aliphatic carbocycles. The Morgan fingerprint density at radius 2 is 1.92 bits per heavy atom. The molecule has 0 aromatic heterocycles. The van der Waals surface area contributed by atoms with E-state index in [2.05, 4.69) is 46.5 Å². The maximum Gasteiger partial charge on any atom is 0.191 e. The zero-order chi connectivity index (χ0) is 16.7. The molecular weight excluding hydrogens is 415 g/mol. The first-order valence-electron chi connectivity index (χ1n) is 8.50. The van der Waals surface area contributed by atoms with Crippen molar-refractivity contribution in [2.24, 2.45) is 4.99 Å². The zero-order valence-electron chi connectivity index (χ0n) is 15.2. The minimum Gasteiger partial charge on any atom is -0.496 e. The predicted molar refractivity (Wildman–Crippen MR) is 112 cm³/mol. The molecule has 1 unspecified atom stereocenters. The van der Waals surface area contributed by atoms with Gasteiger partial charge in [0.15, 0.2) is 5.96 Å². The summed E-state index contributed by atoms with van der Waals surface area (Å²) in [6.45, 7) is 7.32. The molecule has 1 heterocycles. The van der Waals surface area contributed by atoms with Crippen LogP contribution < -0.4 is 15.4 Å². The molecule has 5 nitrogen and oxygen atoms in total. The van der Waals surface area contributed by atoms with Crippen molar-refractivity contribution in [3.05, 3.63) is 29.8 Å². The molecule has 6 heteroatoms. The number of aliphatic imine (C=N–C) groups is 1. The van der Waals surface area contributed by atoms with Gasteiger partial charge in [-0.15, -0.1) is 24.0 Å². The van der Waals surface area contributed by atoms with Crippen LogP contribution >= 0.6 is 24.0 Å². The Bertz CT molecular complexity index is 515. The molecule has 1 atom stereocenters. The monoisotopic (exact) mass is 446 g/mol. The molecule has 1 aliphatic rings. The van der Waals surface area contributed by atoms with E-state index >= 15 is 0 Å². The van der Waals surface area contributed by atoms with Gasteiger partial charge in [-0.05, 0) is 45.8 Å². The van der Waals surface area contributed by atoms with Gasteiger partial charge in [0.1, 0.15) is 5.75 Å². The summed E-state index contributed by atoms with van der Waals surface area (Å²) in [5.74, 6) is 1.80. The van der Waals surface area contributed by atoms with Crippen molar-refractivity contribution in [2.75, 3.05) is 33.8 Å². The number of guanidine groups is 1. The molecule has 0 amide bonds. The smallest absolute Gasteiger partial charge is 0.191 e. The number of benzene rings is 1. The van der Waals surface area contributed by atoms with Crippen molar-refractivity contribution in [1.82, 2.24) is 15.5 Å². The van der Waals surface area contributed by atoms with E-state index in [0.717, 1.165) is 31.3 Å². The summed E-state index contributed by atoms with van der Waals surface area (Å²) >= 11 is 0. The molecule has 1 aromatic rings. The first-order valence-corrected chi connectivity index (χ1v) is 8.50. The lowest BCUT2D eigenvalue weighted by molar-refractivity contribution is 0.239. The Morgan fingerprint density at radius 1 is 1.25 bits per heavy atom. The summed E-state index contributed by atoms with van der Waals surface area (Å²) in [4.78, 5) is 6.84. The van der Waals surface area contributed by atoms with Crippen LogP contribution in [0.3, 0.4) is 0 Å². The zero-order valence-corrected chi connectivity index (χ0v) is 17.5. The van der Waals surface area contributed by atoms with Crippen molar-refractivity contribution in [2.45, 2.75) is 38.8 Å². The van der Waals surface area contributed by atoms with E-state index in [1.54, 1.807) is 7.11 Å². The van der Waals surface area contributed by atoms with Crippen LogP contribution in [0, 0.1) is 0 Å². The van der Waals surface area contributed by atoms with E-state index in [0.29, 0.717) is 12.1 Å². The maximum atomic E-state index is 5.58. The summed E-state index contributed by atoms with van der Waals surface area (Å²) in [5, 5.41) is 6.81. The highest BCUT2D eigenvalue weighted by Gasteiger charge is 2.26. The third-order valence-electron chi connectivity index (χ3n) is 4.19. The van der Waals surface area contributed by atoms with Gasteiger partial charge in [-0.1, -0.05) is 18.2 Å². The largest absolute Gasteiger partial charge is 0.496 e. The van der Waals surface area contributed by atoms with Crippen molar-refractivity contribution in [3.8, 4) is 5.75 Å². The lowest BCUT2D eigenvalue weighted by atomic mass is 10.0. The average molecular weight is 446 g/mol. The number of likely N-dealkylation sites (tertiary alicyclic amines) is 1. The van der Waals surface area contributed by atoms with Crippen LogP contribution in [0.2, 0.25) is 0 Å². The van der Waals surface area contributed by atoms with Gasteiger partial charge in [0, 0.05) is 25.2 Å². The van der Waals surface area contributed by atoms with Gasteiger partial charge >= 0.3 is 0 Å². The third kappa shape index (κ3) is 5.81. The molecule has 1 aliphatic heterocycles. The van der Waals surface area contributed by atoms with E-state index in [-0.39, 0.29) is 24.0 Å². The highest BCUT2D eigenvalue weighted by Crippen LogP contribution is 2.31. The Balaban J connectivity index is 0.00000288. The number of nitrogens with one attached hydrogen (secondary N) is 2. The van der Waals surface area contributed by atoms with E-state index in [4.69, 9.17) is 4.74 Å². The average Bonchev–Trinajstić information content (AvgIpc) is 3.08. The lowest BCUT2D eigenvalue weighted by Gasteiger charge is -2.30. The fourth-order valence-corrected chi connectivity index (χ4v) is 3.09. The number of nitrogens with zero attached hydrogens (tertiary/aromatic N) is 2. The quantitative estimate of drug-likeness (QED) is 0.401. The van der Waals surface area contributed by atoms with E-state index < -0.39 is 0 Å². The second-order valence-electron chi connectivity index (χ2n) is 6.25. The highest BCUT2D eigenvalue weighted by molar-refractivity contribution is 14.0. The SMILES string of the molecule is CN=C(NCC(c1ccccc1OC)N1CCCC1)NC(C)C.I. The minimum atomic E-state index is 0. The second kappa shape index (κ2) is 10.8. The van der Waals surface area contributed by atoms with Crippen LogP contribution in [0.1, 0.15) is 38.3 Å². The molecule has 24 heavy (non-hydrogen) atoms. The second-order valence-corrected chi connectivity index (χ2v) is 6.25. The third-order valence-corrected chi connectivity index (χ3v) is 4.19. The molecule has 0 saturated carbocycles. The molecular formula is C18H31IN4O. The lowest BCUT2D eigenvalue weighted by Crippen LogP contribution is -2.44. The molecule has 1 aromatic carbocycles. The van der Waals surface area contributed by atoms with Gasteiger partial charge in [0.05, 0.1) is 13.2 Å². The molecule has 0 spiro atoms. The number of ether oxygens (including phenoxy) is 1. The van der Waals surface area contributed by atoms with Crippen LogP contribution in [0.25, 0.3) is 0 Å². The van der Waals surface area contributed by atoms with Gasteiger partial charge in [0.2, 0.25) is 0 Å². The predicted octanol–water partition coefficient (Wildman–Crippen LogP) is 3.02. The molecule has 0 radical (unpaired) electrons. The number of methoxy groups -OCH3 is 1. The van der Waals surface area contributed by atoms with Crippen LogP contribution in [-0.2, 0) is 0 Å². The molecule has 1 fully saturated rings. The number of hydrogen-bond acceptors (Lipinski definition) is 3. The van der Waals surface area contributed by atoms with E-state index in [1.165, 1.54) is 18.4 Å². The minimum absolute atomic E-state index is 0. The van der Waals surface area contributed by atoms with Crippen LogP contribution in [0.5, 0.6) is 5.75 Å². The topological polar surface area (TPSA) is 48.9 Å². The standard InChI is InChI=1S/C18H30N4O.HI/c1-14(2)21-18(19-3)20-13-16(22-11-7-8-12-22)15-9-5-6-10-17(15)23-4;/h5-6,9-10,14,16H,7-8,11-13H2,1-4H3,(H2,19,20,21);1H. The first kappa shape index (κ1) is 21.0. The molecule has 2 N–H and O–H groups in total. The van der Waals surface area contributed by atoms with Gasteiger partial charge in [-0.3, -0.25) is 9.89 Å². The Labute approximate surface area is 163 Å². The van der Waals surface area contributed by atoms with Gasteiger partial charge in [-0.25, -0.2) is 0 Å². The molecule has 136 valence electrons. The number of halogens is 1. The number of hydrogen-bond donors (Lipinski definition) is 2. The Hall–Kier alpha value is -1.02. The highest BCUT2D eigenvalue weighted by atomic mass is 127. The Morgan fingerprint density at radius 3 is 2.50 bits per heavy atom. The van der Waals surface area contributed by atoms with Gasteiger partial charge in [-0.2, -0.15) is 0 Å². The summed E-state index contributed by atoms with van der Waals surface area (Å²) < 4.78 is 5.58. The van der Waals surface area contributed by atoms with Gasteiger partial charge < -0.3 is 15.4 Å². The van der Waals surface area contributed by atoms with Crippen LogP contribution in [-0.4, -0.2) is 50.7 Å². The fraction of sp³-hybridized carbons (Fsp3) is 0.611. The Kier molecular flexibility index (Phi) is 9.43. The maximum absolute atomic E-state index is 5.58. The first-order chi connectivity index (χ1) is 11.2. The molecule has 1 saturated heterocycles. The van der Waals surface area contributed by atoms with Crippen molar-refractivity contribution < 1.29 is 4.74 Å². The molecule has 2 rings (SSSR count). The van der Waals surface area contributed by atoms with E-state index in [1.807, 2.05) is 19.2 Å². The van der Waals surface area contributed by atoms with Crippen molar-refractivity contribution >= 4 is 29.9 Å². The van der Waals surface area contributed by atoms with Gasteiger partial charge in [0.25, 0.3) is 0 Å². The van der Waals surface area contributed by atoms with E-state index in [9.17, 15) is 0 Å². The summed E-state index contributed by atoms with van der Waals surface area (Å²) in [6, 6.07) is 8.97. The number of rotatable bonds is 6. The number of para-hydroxylation sites is 1. The van der Waals surface area contributed by atoms with Crippen molar-refractivity contribution in [1.29, 1.82) is 0 Å².